The molecule has 0 amide bonds. The molecule has 0 aliphatic carbocycles. The van der Waals surface area contributed by atoms with Crippen molar-refractivity contribution in [1.82, 2.24) is 19.8 Å². The highest BCUT2D eigenvalue weighted by atomic mass is 19.4. The number of benzene rings is 1. The third-order valence-corrected chi connectivity index (χ3v) is 5.67. The quantitative estimate of drug-likeness (QED) is 0.811. The third kappa shape index (κ3) is 4.64. The average Bonchev–Trinajstić information content (AvgIpc) is 2.89. The van der Waals surface area contributed by atoms with Crippen LogP contribution in [0.2, 0.25) is 0 Å². The van der Waals surface area contributed by atoms with E-state index in [1.165, 1.54) is 6.07 Å². The van der Waals surface area contributed by atoms with Crippen molar-refractivity contribution >= 4 is 10.9 Å². The molecule has 29 heavy (non-hydrogen) atoms. The second-order valence-corrected chi connectivity index (χ2v) is 7.73. The molecular formula is C21H29F3N4O. The van der Waals surface area contributed by atoms with Crippen LogP contribution in [0, 0.1) is 0 Å². The van der Waals surface area contributed by atoms with Crippen molar-refractivity contribution in [3.05, 3.63) is 39.9 Å². The van der Waals surface area contributed by atoms with Crippen molar-refractivity contribution in [1.29, 1.82) is 0 Å². The van der Waals surface area contributed by atoms with Crippen molar-refractivity contribution in [2.24, 2.45) is 0 Å². The standard InChI is InChI=1S/C21H29F3N4O/c1-4-6-18(27-11-9-14(3)25-10-12-27)19-26-17-8-7-15(21(22,23)24)13-16(17)20(29)28(19)5-2/h7-8,13-14,18,25H,4-6,9-12H2,1-3H3/t14?,18-/m1/s1. The van der Waals surface area contributed by atoms with E-state index in [2.05, 4.69) is 24.1 Å². The third-order valence-electron chi connectivity index (χ3n) is 5.67. The Morgan fingerprint density at radius 1 is 1.28 bits per heavy atom. The number of halogens is 3. The van der Waals surface area contributed by atoms with Gasteiger partial charge in [-0.15, -0.1) is 0 Å². The molecule has 2 aromatic rings. The van der Waals surface area contributed by atoms with Crippen molar-refractivity contribution in [3.8, 4) is 0 Å². The Hall–Kier alpha value is -1.93. The van der Waals surface area contributed by atoms with Gasteiger partial charge in [0.25, 0.3) is 5.56 Å². The van der Waals surface area contributed by atoms with Gasteiger partial charge in [0.15, 0.2) is 0 Å². The number of nitrogens with one attached hydrogen (secondary N) is 1. The molecule has 0 saturated carbocycles. The van der Waals surface area contributed by atoms with Crippen LogP contribution in [0.5, 0.6) is 0 Å². The van der Waals surface area contributed by atoms with Crippen LogP contribution in [0.25, 0.3) is 10.9 Å². The topological polar surface area (TPSA) is 50.2 Å². The number of nitrogens with zero attached hydrogens (tertiary/aromatic N) is 3. The van der Waals surface area contributed by atoms with Crippen LogP contribution < -0.4 is 10.9 Å². The number of aromatic nitrogens is 2. The van der Waals surface area contributed by atoms with E-state index in [4.69, 9.17) is 4.98 Å². The van der Waals surface area contributed by atoms with E-state index < -0.39 is 17.3 Å². The van der Waals surface area contributed by atoms with Gasteiger partial charge in [-0.3, -0.25) is 14.3 Å². The van der Waals surface area contributed by atoms with Crippen LogP contribution in [-0.4, -0.2) is 40.1 Å². The van der Waals surface area contributed by atoms with E-state index in [9.17, 15) is 18.0 Å². The van der Waals surface area contributed by atoms with Gasteiger partial charge in [-0.1, -0.05) is 13.3 Å². The van der Waals surface area contributed by atoms with Crippen LogP contribution in [0.1, 0.15) is 57.5 Å². The van der Waals surface area contributed by atoms with Gasteiger partial charge in [0, 0.05) is 32.2 Å². The van der Waals surface area contributed by atoms with Gasteiger partial charge in [0.2, 0.25) is 0 Å². The second-order valence-electron chi connectivity index (χ2n) is 7.73. The summed E-state index contributed by atoms with van der Waals surface area (Å²) in [5.41, 5.74) is -0.900. The normalized spacial score (nSPS) is 20.0. The monoisotopic (exact) mass is 410 g/mol. The molecule has 0 radical (unpaired) electrons. The zero-order valence-electron chi connectivity index (χ0n) is 17.2. The number of hydrogen-bond donors (Lipinski definition) is 1. The van der Waals surface area contributed by atoms with Crippen molar-refractivity contribution < 1.29 is 13.2 Å². The zero-order valence-corrected chi connectivity index (χ0v) is 17.2. The van der Waals surface area contributed by atoms with Crippen LogP contribution in [0.3, 0.4) is 0 Å². The predicted molar refractivity (Wildman–Crippen MR) is 108 cm³/mol. The molecule has 1 unspecified atom stereocenters. The first-order valence-corrected chi connectivity index (χ1v) is 10.3. The lowest BCUT2D eigenvalue weighted by Crippen LogP contribution is -2.37. The Bertz CT molecular complexity index is 909. The van der Waals surface area contributed by atoms with Gasteiger partial charge in [0.05, 0.1) is 22.5 Å². The second kappa shape index (κ2) is 8.83. The number of alkyl halides is 3. The first kappa shape index (κ1) is 21.8. The first-order chi connectivity index (χ1) is 13.8. The highest BCUT2D eigenvalue weighted by molar-refractivity contribution is 5.78. The van der Waals surface area contributed by atoms with Crippen LogP contribution in [-0.2, 0) is 12.7 Å². The molecule has 1 aromatic carbocycles. The summed E-state index contributed by atoms with van der Waals surface area (Å²) in [6, 6.07) is 3.64. The van der Waals surface area contributed by atoms with Crippen LogP contribution in [0.4, 0.5) is 13.2 Å². The van der Waals surface area contributed by atoms with Gasteiger partial charge in [-0.25, -0.2) is 4.98 Å². The molecule has 0 bridgehead atoms. The van der Waals surface area contributed by atoms with Crippen molar-refractivity contribution in [2.75, 3.05) is 19.6 Å². The van der Waals surface area contributed by atoms with E-state index in [-0.39, 0.29) is 11.4 Å². The van der Waals surface area contributed by atoms with E-state index in [0.717, 1.165) is 51.0 Å². The van der Waals surface area contributed by atoms with E-state index in [1.807, 2.05) is 6.92 Å². The Balaban J connectivity index is 2.11. The predicted octanol–water partition coefficient (Wildman–Crippen LogP) is 3.96. The molecular weight excluding hydrogens is 381 g/mol. The number of fused-ring (bicyclic) bond motifs is 1. The van der Waals surface area contributed by atoms with Gasteiger partial charge >= 0.3 is 6.18 Å². The van der Waals surface area contributed by atoms with Gasteiger partial charge in [0.1, 0.15) is 5.82 Å². The molecule has 1 aliphatic heterocycles. The Labute approximate surface area is 168 Å². The minimum atomic E-state index is -4.49. The fourth-order valence-electron chi connectivity index (χ4n) is 4.06. The highest BCUT2D eigenvalue weighted by Crippen LogP contribution is 2.31. The molecule has 1 N–H and O–H groups in total. The van der Waals surface area contributed by atoms with Gasteiger partial charge in [-0.2, -0.15) is 13.2 Å². The fraction of sp³-hybridized carbons (Fsp3) is 0.619. The summed E-state index contributed by atoms with van der Waals surface area (Å²) in [5.74, 6) is 0.654. The summed E-state index contributed by atoms with van der Waals surface area (Å²) >= 11 is 0. The molecule has 2 heterocycles. The highest BCUT2D eigenvalue weighted by Gasteiger charge is 2.32. The zero-order chi connectivity index (χ0) is 21.2. The molecule has 1 saturated heterocycles. The molecule has 0 spiro atoms. The van der Waals surface area contributed by atoms with E-state index >= 15 is 0 Å². The summed E-state index contributed by atoms with van der Waals surface area (Å²) in [7, 11) is 0. The summed E-state index contributed by atoms with van der Waals surface area (Å²) in [6.07, 6.45) is -1.72. The van der Waals surface area contributed by atoms with Gasteiger partial charge in [-0.05, 0) is 44.9 Å². The molecule has 8 heteroatoms. The largest absolute Gasteiger partial charge is 0.416 e. The van der Waals surface area contributed by atoms with Crippen LogP contribution in [0.15, 0.2) is 23.0 Å². The number of hydrogen-bond acceptors (Lipinski definition) is 4. The van der Waals surface area contributed by atoms with Crippen molar-refractivity contribution in [2.45, 2.75) is 64.8 Å². The molecule has 1 fully saturated rings. The smallest absolute Gasteiger partial charge is 0.313 e. The fourth-order valence-corrected chi connectivity index (χ4v) is 4.06. The Morgan fingerprint density at radius 2 is 2.03 bits per heavy atom. The molecule has 160 valence electrons. The maximum absolute atomic E-state index is 13.1. The summed E-state index contributed by atoms with van der Waals surface area (Å²) in [6.45, 7) is 9.06. The van der Waals surface area contributed by atoms with Crippen molar-refractivity contribution in [3.63, 3.8) is 0 Å². The maximum Gasteiger partial charge on any atom is 0.416 e. The lowest BCUT2D eigenvalue weighted by atomic mass is 10.1. The minimum Gasteiger partial charge on any atom is -0.313 e. The summed E-state index contributed by atoms with van der Waals surface area (Å²) < 4.78 is 40.9. The first-order valence-electron chi connectivity index (χ1n) is 10.3. The van der Waals surface area contributed by atoms with E-state index in [1.54, 1.807) is 4.57 Å². The molecule has 5 nitrogen and oxygen atoms in total. The summed E-state index contributed by atoms with van der Waals surface area (Å²) in [5, 5.41) is 3.50. The van der Waals surface area contributed by atoms with Gasteiger partial charge < -0.3 is 5.32 Å². The average molecular weight is 410 g/mol. The van der Waals surface area contributed by atoms with E-state index in [0.29, 0.717) is 23.9 Å². The molecule has 2 atom stereocenters. The summed E-state index contributed by atoms with van der Waals surface area (Å²) in [4.78, 5) is 20.2. The maximum atomic E-state index is 13.1. The molecule has 1 aliphatic rings. The van der Waals surface area contributed by atoms with Crippen LogP contribution >= 0.6 is 0 Å². The number of rotatable bonds is 5. The Kier molecular flexibility index (Phi) is 6.63. The molecule has 1 aromatic heterocycles. The lowest BCUT2D eigenvalue weighted by Gasteiger charge is -2.31. The SMILES string of the molecule is CCC[C@H](c1nc2ccc(C(F)(F)F)cc2c(=O)n1CC)N1CCNC(C)CC1. The Morgan fingerprint density at radius 3 is 2.69 bits per heavy atom. The lowest BCUT2D eigenvalue weighted by molar-refractivity contribution is -0.137. The molecule has 3 rings (SSSR count). The minimum absolute atomic E-state index is 0.0202.